The molecule has 0 unspecified atom stereocenters. The van der Waals surface area contributed by atoms with Crippen molar-refractivity contribution in [2.75, 3.05) is 0 Å². The van der Waals surface area contributed by atoms with Crippen molar-refractivity contribution in [3.05, 3.63) is 35.9 Å². The molecule has 44 valence electrons. The van der Waals surface area contributed by atoms with E-state index in [0.717, 1.165) is 0 Å². The third kappa shape index (κ3) is 5.67. The van der Waals surface area contributed by atoms with Gasteiger partial charge in [0.05, 0.1) is 0 Å². The monoisotopic (exact) mass is 242 g/mol. The average Bonchev–Trinajstić information content (AvgIpc) is 1.69. The van der Waals surface area contributed by atoms with Gasteiger partial charge in [-0.3, -0.25) is 0 Å². The number of aryl methyl sites for hydroxylation is 1. The predicted molar refractivity (Wildman–Crippen MR) is 33.1 cm³/mol. The second kappa shape index (κ2) is 7.34. The molecule has 0 aliphatic rings. The van der Waals surface area contributed by atoms with Crippen LogP contribution in [-0.2, 0) is 0 Å². The van der Waals surface area contributed by atoms with Gasteiger partial charge >= 0.3 is 68.9 Å². The normalized spacial score (nSPS) is 6.78. The van der Waals surface area contributed by atoms with Gasteiger partial charge in [-0.15, -0.1) is 0 Å². The van der Waals surface area contributed by atoms with E-state index in [4.69, 9.17) is 0 Å². The summed E-state index contributed by atoms with van der Waals surface area (Å²) in [5.41, 5.74) is 1.32. The fourth-order valence-electron chi connectivity index (χ4n) is 0.534. The minimum Gasteiger partial charge on any atom is -0.870 e. The molecule has 0 saturated carbocycles. The van der Waals surface area contributed by atoms with Crippen molar-refractivity contribution < 1.29 is 74.4 Å². The summed E-state index contributed by atoms with van der Waals surface area (Å²) in [7, 11) is 0. The zero-order chi connectivity index (χ0) is 5.11. The molecule has 9 heavy (non-hydrogen) atoms. The zero-order valence-electron chi connectivity index (χ0n) is 5.83. The summed E-state index contributed by atoms with van der Waals surface area (Å²) in [4.78, 5) is 0. The van der Waals surface area contributed by atoms with Gasteiger partial charge in [0.25, 0.3) is 0 Å². The van der Waals surface area contributed by atoms with Crippen molar-refractivity contribution in [2.24, 2.45) is 0 Å². The molecule has 1 N–H and O–H groups in total. The summed E-state index contributed by atoms with van der Waals surface area (Å²) in [6.45, 7) is 2.08. The molecule has 0 radical (unpaired) electrons. The van der Waals surface area contributed by atoms with E-state index in [1.165, 1.54) is 5.56 Å². The molecule has 1 nitrogen and oxygen atoms in total. The summed E-state index contributed by atoms with van der Waals surface area (Å²) in [6.07, 6.45) is 0. The van der Waals surface area contributed by atoms with E-state index < -0.39 is 0 Å². The van der Waals surface area contributed by atoms with Gasteiger partial charge in [-0.25, -0.2) is 0 Å². The first kappa shape index (κ1) is 12.9. The van der Waals surface area contributed by atoms with Gasteiger partial charge in [0.1, 0.15) is 0 Å². The average molecular weight is 242 g/mol. The van der Waals surface area contributed by atoms with E-state index in [9.17, 15) is 0 Å². The van der Waals surface area contributed by atoms with Crippen LogP contribution in [-0.4, -0.2) is 5.48 Å². The van der Waals surface area contributed by atoms with E-state index in [1.807, 2.05) is 18.2 Å². The molecule has 1 aromatic carbocycles. The van der Waals surface area contributed by atoms with Crippen LogP contribution in [0.4, 0.5) is 0 Å². The van der Waals surface area contributed by atoms with Crippen LogP contribution >= 0.6 is 0 Å². The number of hydrogen-bond donors (Lipinski definition) is 0. The third-order valence-corrected chi connectivity index (χ3v) is 0.940. The maximum atomic E-state index is 2.08. The Morgan fingerprint density at radius 3 is 1.67 bits per heavy atom. The second-order valence-corrected chi connectivity index (χ2v) is 1.65. The van der Waals surface area contributed by atoms with Gasteiger partial charge in [-0.1, -0.05) is 35.9 Å². The van der Waals surface area contributed by atoms with E-state index >= 15 is 0 Å². The first-order valence-corrected chi connectivity index (χ1v) is 2.41. The summed E-state index contributed by atoms with van der Waals surface area (Å²) < 4.78 is 0. The Bertz CT molecular complexity index is 139. The molecule has 1 rings (SSSR count). The number of hydrogen-bond acceptors (Lipinski definition) is 1. The third-order valence-electron chi connectivity index (χ3n) is 0.940. The van der Waals surface area contributed by atoms with Gasteiger partial charge in [0.15, 0.2) is 0 Å². The topological polar surface area (TPSA) is 30.0 Å². The molecule has 0 aromatic heterocycles. The number of rotatable bonds is 0. The van der Waals surface area contributed by atoms with Crippen LogP contribution in [0.1, 0.15) is 5.56 Å². The van der Waals surface area contributed by atoms with Gasteiger partial charge in [0.2, 0.25) is 0 Å². The summed E-state index contributed by atoms with van der Waals surface area (Å²) in [5, 5.41) is 0. The van der Waals surface area contributed by atoms with E-state index in [-0.39, 0.29) is 74.4 Å². The van der Waals surface area contributed by atoms with Gasteiger partial charge < -0.3 is 5.48 Å². The Morgan fingerprint density at radius 2 is 1.44 bits per heavy atom. The fraction of sp³-hybridized carbons (Fsp3) is 0.143. The maximum Gasteiger partial charge on any atom is 1.00 e. The molecule has 1 aromatic rings. The van der Waals surface area contributed by atoms with Crippen LogP contribution in [0.3, 0.4) is 0 Å². The number of benzene rings is 1. The second-order valence-electron chi connectivity index (χ2n) is 1.65. The Kier molecular flexibility index (Phi) is 10.5. The molecular formula is C7H9CsO. The van der Waals surface area contributed by atoms with Crippen molar-refractivity contribution in [2.45, 2.75) is 6.92 Å². The van der Waals surface area contributed by atoms with Crippen molar-refractivity contribution >= 4 is 0 Å². The summed E-state index contributed by atoms with van der Waals surface area (Å²) >= 11 is 0. The molecule has 0 atom stereocenters. The molecule has 0 fully saturated rings. The molecule has 0 aliphatic carbocycles. The van der Waals surface area contributed by atoms with E-state index in [2.05, 4.69) is 19.1 Å². The van der Waals surface area contributed by atoms with Crippen molar-refractivity contribution in [1.29, 1.82) is 0 Å². The first-order valence-electron chi connectivity index (χ1n) is 2.41. The van der Waals surface area contributed by atoms with Crippen molar-refractivity contribution in [1.82, 2.24) is 0 Å². The van der Waals surface area contributed by atoms with Crippen molar-refractivity contribution in [3.8, 4) is 0 Å². The molecule has 0 spiro atoms. The molecule has 0 saturated heterocycles. The minimum atomic E-state index is 0. The van der Waals surface area contributed by atoms with Gasteiger partial charge in [-0.05, 0) is 6.92 Å². The van der Waals surface area contributed by atoms with Crippen LogP contribution in [0.15, 0.2) is 30.3 Å². The quantitative estimate of drug-likeness (QED) is 0.563. The smallest absolute Gasteiger partial charge is 0.870 e. The maximum absolute atomic E-state index is 2.08. The summed E-state index contributed by atoms with van der Waals surface area (Å²) in [5.74, 6) is 0. The molecule has 2 heteroatoms. The van der Waals surface area contributed by atoms with Gasteiger partial charge in [-0.2, -0.15) is 0 Å². The van der Waals surface area contributed by atoms with Crippen molar-refractivity contribution in [3.63, 3.8) is 0 Å². The fourth-order valence-corrected chi connectivity index (χ4v) is 0.534. The largest absolute Gasteiger partial charge is 1.00 e. The zero-order valence-corrected chi connectivity index (χ0v) is 12.1. The van der Waals surface area contributed by atoms with Crippen LogP contribution in [0.25, 0.3) is 0 Å². The minimum absolute atomic E-state index is 0. The molecule has 0 heterocycles. The Hall–Kier alpha value is 1.23. The Labute approximate surface area is 115 Å². The first-order chi connectivity index (χ1) is 3.39. The van der Waals surface area contributed by atoms with E-state index in [0.29, 0.717) is 0 Å². The van der Waals surface area contributed by atoms with Crippen LogP contribution in [0, 0.1) is 6.92 Å². The molecular weight excluding hydrogens is 233 g/mol. The Balaban J connectivity index is 0. The SMILES string of the molecule is Cc1ccccc1.[Cs+].[OH-]. The Morgan fingerprint density at radius 1 is 1.00 bits per heavy atom. The van der Waals surface area contributed by atoms with Crippen LogP contribution in [0.5, 0.6) is 0 Å². The standard InChI is InChI=1S/C7H8.Cs.H2O/c1-7-5-3-2-4-6-7;;/h2-6H,1H3;;1H2/q;+1;/p-1. The predicted octanol–water partition coefficient (Wildman–Crippen LogP) is -1.18. The van der Waals surface area contributed by atoms with Gasteiger partial charge in [0, 0.05) is 0 Å². The van der Waals surface area contributed by atoms with Crippen LogP contribution < -0.4 is 68.9 Å². The summed E-state index contributed by atoms with van der Waals surface area (Å²) in [6, 6.07) is 10.3. The molecule has 0 amide bonds. The molecule has 0 aliphatic heterocycles. The molecule has 0 bridgehead atoms. The van der Waals surface area contributed by atoms with Crippen LogP contribution in [0.2, 0.25) is 0 Å². The van der Waals surface area contributed by atoms with E-state index in [1.54, 1.807) is 0 Å².